The zero-order valence-corrected chi connectivity index (χ0v) is 19.5. The summed E-state index contributed by atoms with van der Waals surface area (Å²) < 4.78 is 0. The Kier molecular flexibility index (Phi) is 6.27. The first-order valence-corrected chi connectivity index (χ1v) is 11.8. The Balaban J connectivity index is 1.46. The molecule has 7 heteroatoms. The number of amides is 1. The topological polar surface area (TPSA) is 71.0 Å². The molecule has 6 nitrogen and oxygen atoms in total. The second-order valence-corrected chi connectivity index (χ2v) is 8.81. The number of thiophene rings is 1. The second-order valence-electron chi connectivity index (χ2n) is 7.86. The van der Waals surface area contributed by atoms with E-state index in [0.717, 1.165) is 44.0 Å². The molecule has 1 amide bonds. The molecule has 0 unspecified atom stereocenters. The van der Waals surface area contributed by atoms with E-state index in [1.807, 2.05) is 59.8 Å². The van der Waals surface area contributed by atoms with E-state index in [1.165, 1.54) is 11.3 Å². The first-order chi connectivity index (χ1) is 16.7. The van der Waals surface area contributed by atoms with Gasteiger partial charge in [0.2, 0.25) is 0 Å². The van der Waals surface area contributed by atoms with E-state index in [4.69, 9.17) is 0 Å². The van der Waals surface area contributed by atoms with Gasteiger partial charge in [-0.2, -0.15) is 0 Å². The lowest BCUT2D eigenvalue weighted by Gasteiger charge is -2.22. The summed E-state index contributed by atoms with van der Waals surface area (Å²) in [6, 6.07) is 24.0. The largest absolute Gasteiger partial charge is 0.373 e. The lowest BCUT2D eigenvalue weighted by molar-refractivity contribution is 0.0733. The van der Waals surface area contributed by atoms with Gasteiger partial charge in [-0.05, 0) is 58.5 Å². The zero-order chi connectivity index (χ0) is 23.3. The summed E-state index contributed by atoms with van der Waals surface area (Å²) in [5.74, 6) is 0.804. The van der Waals surface area contributed by atoms with Crippen molar-refractivity contribution in [2.24, 2.45) is 0 Å². The predicted octanol–water partition coefficient (Wildman–Crippen LogP) is 5.64. The van der Waals surface area contributed by atoms with Crippen LogP contribution in [0.1, 0.15) is 20.9 Å². The van der Waals surface area contributed by atoms with Crippen molar-refractivity contribution in [3.8, 4) is 11.1 Å². The number of hydrogen-bond donors (Lipinski definition) is 1. The van der Waals surface area contributed by atoms with E-state index in [0.29, 0.717) is 13.1 Å². The number of carbonyl (C=O) groups excluding carboxylic acids is 1. The molecular formula is C27H23N5OS. The van der Waals surface area contributed by atoms with Crippen molar-refractivity contribution in [3.05, 3.63) is 107 Å². The van der Waals surface area contributed by atoms with Crippen molar-refractivity contribution in [2.75, 3.05) is 12.4 Å². The third-order valence-corrected chi connectivity index (χ3v) is 6.46. The maximum absolute atomic E-state index is 13.3. The van der Waals surface area contributed by atoms with Crippen LogP contribution < -0.4 is 5.32 Å². The van der Waals surface area contributed by atoms with Crippen LogP contribution in [0.5, 0.6) is 0 Å². The number of nitrogens with zero attached hydrogens (tertiary/aromatic N) is 4. The summed E-state index contributed by atoms with van der Waals surface area (Å²) >= 11 is 1.46. The van der Waals surface area contributed by atoms with Gasteiger partial charge in [0, 0.05) is 25.2 Å². The van der Waals surface area contributed by atoms with E-state index in [2.05, 4.69) is 50.6 Å². The number of rotatable bonds is 7. The standard InChI is InChI=1S/C27H23N5OS/c1-28-26-23-15-21(10-11-24(23)30-18-31-26)20-7-4-6-19(14-20)16-32(17-22-8-2-3-12-29-22)27(33)25-9-5-13-34-25/h2-15,18H,16-17H2,1H3,(H,28,30,31). The van der Waals surface area contributed by atoms with Crippen LogP contribution in [0.4, 0.5) is 5.82 Å². The highest BCUT2D eigenvalue weighted by Crippen LogP contribution is 2.28. The number of benzene rings is 2. The van der Waals surface area contributed by atoms with Gasteiger partial charge < -0.3 is 10.2 Å². The van der Waals surface area contributed by atoms with Crippen LogP contribution in [0.2, 0.25) is 0 Å². The maximum atomic E-state index is 13.3. The Morgan fingerprint density at radius 1 is 0.912 bits per heavy atom. The molecule has 0 atom stereocenters. The van der Waals surface area contributed by atoms with Gasteiger partial charge in [-0.1, -0.05) is 36.4 Å². The number of anilines is 1. The Hall–Kier alpha value is -4.10. The highest BCUT2D eigenvalue weighted by molar-refractivity contribution is 7.12. The fourth-order valence-electron chi connectivity index (χ4n) is 3.95. The number of nitrogens with one attached hydrogen (secondary N) is 1. The minimum absolute atomic E-state index is 0.00701. The van der Waals surface area contributed by atoms with Crippen molar-refractivity contribution < 1.29 is 4.79 Å². The zero-order valence-electron chi connectivity index (χ0n) is 18.7. The van der Waals surface area contributed by atoms with Gasteiger partial charge >= 0.3 is 0 Å². The second kappa shape index (κ2) is 9.80. The van der Waals surface area contributed by atoms with E-state index in [9.17, 15) is 4.79 Å². The lowest BCUT2D eigenvalue weighted by Crippen LogP contribution is -2.29. The van der Waals surface area contributed by atoms with Crippen LogP contribution in [-0.4, -0.2) is 32.8 Å². The average molecular weight is 466 g/mol. The van der Waals surface area contributed by atoms with Crippen molar-refractivity contribution in [1.82, 2.24) is 19.9 Å². The number of carbonyl (C=O) groups is 1. The fraction of sp³-hybridized carbons (Fsp3) is 0.111. The van der Waals surface area contributed by atoms with Crippen LogP contribution in [-0.2, 0) is 13.1 Å². The minimum atomic E-state index is 0.00701. The Bertz CT molecular complexity index is 1420. The molecule has 3 aromatic heterocycles. The van der Waals surface area contributed by atoms with Crippen molar-refractivity contribution in [3.63, 3.8) is 0 Å². The fourth-order valence-corrected chi connectivity index (χ4v) is 4.64. The van der Waals surface area contributed by atoms with Gasteiger partial charge in [-0.15, -0.1) is 11.3 Å². The quantitative estimate of drug-likeness (QED) is 0.337. The smallest absolute Gasteiger partial charge is 0.264 e. The summed E-state index contributed by atoms with van der Waals surface area (Å²) in [5, 5.41) is 6.03. The van der Waals surface area contributed by atoms with E-state index < -0.39 is 0 Å². The molecule has 0 saturated heterocycles. The Labute approximate surface area is 202 Å². The summed E-state index contributed by atoms with van der Waals surface area (Å²) in [6.07, 6.45) is 3.32. The highest BCUT2D eigenvalue weighted by Gasteiger charge is 2.18. The van der Waals surface area contributed by atoms with Gasteiger partial charge in [-0.3, -0.25) is 9.78 Å². The molecule has 0 aliphatic rings. The van der Waals surface area contributed by atoms with Gasteiger partial charge in [0.05, 0.1) is 22.6 Å². The molecule has 34 heavy (non-hydrogen) atoms. The van der Waals surface area contributed by atoms with E-state index in [1.54, 1.807) is 12.5 Å². The molecule has 168 valence electrons. The summed E-state index contributed by atoms with van der Waals surface area (Å²) in [6.45, 7) is 0.931. The molecule has 1 N–H and O–H groups in total. The molecule has 3 heterocycles. The van der Waals surface area contributed by atoms with Gasteiger partial charge in [0.25, 0.3) is 5.91 Å². The van der Waals surface area contributed by atoms with E-state index >= 15 is 0 Å². The molecule has 0 spiro atoms. The number of pyridine rings is 1. The van der Waals surface area contributed by atoms with E-state index in [-0.39, 0.29) is 5.91 Å². The van der Waals surface area contributed by atoms with Gasteiger partial charge in [-0.25, -0.2) is 9.97 Å². The summed E-state index contributed by atoms with van der Waals surface area (Å²) in [5.41, 5.74) is 4.95. The van der Waals surface area contributed by atoms with Crippen LogP contribution in [0, 0.1) is 0 Å². The molecule has 0 aliphatic heterocycles. The summed E-state index contributed by atoms with van der Waals surface area (Å²) in [7, 11) is 1.86. The van der Waals surface area contributed by atoms with Gasteiger partial charge in [0.15, 0.2) is 0 Å². The van der Waals surface area contributed by atoms with Crippen molar-refractivity contribution in [2.45, 2.75) is 13.1 Å². The number of hydrogen-bond acceptors (Lipinski definition) is 6. The van der Waals surface area contributed by atoms with Crippen LogP contribution in [0.15, 0.2) is 90.7 Å². The van der Waals surface area contributed by atoms with Crippen molar-refractivity contribution >= 4 is 34.0 Å². The molecule has 0 bridgehead atoms. The molecule has 0 radical (unpaired) electrons. The highest BCUT2D eigenvalue weighted by atomic mass is 32.1. The molecule has 0 saturated carbocycles. The third kappa shape index (κ3) is 4.65. The van der Waals surface area contributed by atoms with Crippen molar-refractivity contribution in [1.29, 1.82) is 0 Å². The van der Waals surface area contributed by atoms with Crippen LogP contribution in [0.3, 0.4) is 0 Å². The monoisotopic (exact) mass is 465 g/mol. The SMILES string of the molecule is CNc1ncnc2ccc(-c3cccc(CN(Cc4ccccn4)C(=O)c4cccs4)c3)cc12. The molecule has 5 rings (SSSR count). The Morgan fingerprint density at radius 3 is 2.62 bits per heavy atom. The molecular weight excluding hydrogens is 442 g/mol. The number of fused-ring (bicyclic) bond motifs is 1. The van der Waals surface area contributed by atoms with Crippen LogP contribution in [0.25, 0.3) is 22.0 Å². The minimum Gasteiger partial charge on any atom is -0.373 e. The van der Waals surface area contributed by atoms with Crippen LogP contribution >= 0.6 is 11.3 Å². The molecule has 0 fully saturated rings. The molecule has 2 aromatic carbocycles. The summed E-state index contributed by atoms with van der Waals surface area (Å²) in [4.78, 5) is 29.0. The Morgan fingerprint density at radius 2 is 1.82 bits per heavy atom. The first-order valence-electron chi connectivity index (χ1n) is 11.0. The average Bonchev–Trinajstić information content (AvgIpc) is 3.43. The third-order valence-electron chi connectivity index (χ3n) is 5.60. The lowest BCUT2D eigenvalue weighted by atomic mass is 10.0. The number of aromatic nitrogens is 3. The van der Waals surface area contributed by atoms with Gasteiger partial charge in [0.1, 0.15) is 12.1 Å². The molecule has 0 aliphatic carbocycles. The molecule has 5 aromatic rings. The predicted molar refractivity (Wildman–Crippen MR) is 137 cm³/mol. The first kappa shape index (κ1) is 21.7. The maximum Gasteiger partial charge on any atom is 0.264 e. The normalized spacial score (nSPS) is 10.9.